The molecule has 0 saturated heterocycles. The minimum Gasteiger partial charge on any atom is -0.390 e. The highest BCUT2D eigenvalue weighted by Gasteiger charge is 2.57. The summed E-state index contributed by atoms with van der Waals surface area (Å²) in [5.74, 6) is 0.883. The fourth-order valence-electron chi connectivity index (χ4n) is 2.18. The molecule has 0 amide bonds. The topological polar surface area (TPSA) is 20.2 Å². The summed E-state index contributed by atoms with van der Waals surface area (Å²) in [6, 6.07) is 0. The van der Waals surface area contributed by atoms with Crippen LogP contribution >= 0.6 is 23.2 Å². The Labute approximate surface area is 96.1 Å². The minimum atomic E-state index is -0.608. The average Bonchev–Trinajstić information content (AvgIpc) is 2.34. The molecule has 1 saturated carbocycles. The second kappa shape index (κ2) is 3.70. The van der Waals surface area contributed by atoms with E-state index < -0.39 is 5.60 Å². The van der Waals surface area contributed by atoms with Gasteiger partial charge < -0.3 is 5.11 Å². The van der Waals surface area contributed by atoms with Crippen LogP contribution in [0.25, 0.3) is 0 Å². The number of hydrogen-bond donors (Lipinski definition) is 1. The maximum Gasteiger partial charge on any atom is 0.103 e. The molecule has 14 heavy (non-hydrogen) atoms. The zero-order valence-corrected chi connectivity index (χ0v) is 10.7. The molecule has 1 nitrogen and oxygen atoms in total. The zero-order valence-electron chi connectivity index (χ0n) is 9.14. The van der Waals surface area contributed by atoms with Crippen LogP contribution < -0.4 is 0 Å². The molecule has 2 atom stereocenters. The van der Waals surface area contributed by atoms with Crippen LogP contribution in [0, 0.1) is 17.3 Å². The monoisotopic (exact) mass is 236 g/mol. The van der Waals surface area contributed by atoms with Crippen LogP contribution in [0.3, 0.4) is 0 Å². The quantitative estimate of drug-likeness (QED) is 0.792. The van der Waals surface area contributed by atoms with E-state index >= 15 is 0 Å². The summed E-state index contributed by atoms with van der Waals surface area (Å²) in [4.78, 5) is 0. The number of hydrogen-bond acceptors (Lipinski definition) is 1. The third-order valence-electron chi connectivity index (χ3n) is 3.16. The van der Waals surface area contributed by atoms with Gasteiger partial charge in [0, 0.05) is 0 Å². The van der Waals surface area contributed by atoms with Crippen molar-refractivity contribution in [3.63, 3.8) is 0 Å². The lowest BCUT2D eigenvalue weighted by Gasteiger charge is -2.17. The zero-order chi connectivity index (χ0) is 11.1. The van der Waals surface area contributed by atoms with Crippen molar-refractivity contribution in [1.29, 1.82) is 0 Å². The van der Waals surface area contributed by atoms with Crippen LogP contribution in [-0.2, 0) is 0 Å². The summed E-state index contributed by atoms with van der Waals surface area (Å²) >= 11 is 11.3. The molecule has 0 bridgehead atoms. The fourth-order valence-corrected chi connectivity index (χ4v) is 2.45. The average molecular weight is 237 g/mol. The van der Waals surface area contributed by atoms with Crippen molar-refractivity contribution < 1.29 is 5.11 Å². The lowest BCUT2D eigenvalue weighted by Crippen LogP contribution is -2.20. The third-order valence-corrected chi connectivity index (χ3v) is 3.42. The highest BCUT2D eigenvalue weighted by atomic mass is 35.5. The van der Waals surface area contributed by atoms with Gasteiger partial charge in [-0.2, -0.15) is 0 Å². The van der Waals surface area contributed by atoms with Gasteiger partial charge >= 0.3 is 0 Å². The van der Waals surface area contributed by atoms with Gasteiger partial charge in [0.15, 0.2) is 0 Å². The van der Waals surface area contributed by atoms with Gasteiger partial charge in [-0.1, -0.05) is 43.1 Å². The Bertz CT molecular complexity index is 247. The molecule has 1 aliphatic carbocycles. The molecule has 82 valence electrons. The summed E-state index contributed by atoms with van der Waals surface area (Å²) in [7, 11) is 0. The van der Waals surface area contributed by atoms with Gasteiger partial charge in [-0.15, -0.1) is 0 Å². The molecular formula is C11H18Cl2O. The van der Waals surface area contributed by atoms with Gasteiger partial charge in [-0.3, -0.25) is 0 Å². The van der Waals surface area contributed by atoms with Crippen molar-refractivity contribution in [1.82, 2.24) is 0 Å². The van der Waals surface area contributed by atoms with Gasteiger partial charge in [-0.25, -0.2) is 0 Å². The molecule has 0 aromatic heterocycles. The van der Waals surface area contributed by atoms with E-state index in [-0.39, 0.29) is 5.41 Å². The standard InChI is InChI=1S/C11H18Cl2O/c1-10(2,14)6-8-7(5-9(12)13)11(8,3)4/h5,7-8,14H,6H2,1-4H3. The van der Waals surface area contributed by atoms with Crippen LogP contribution in [0.2, 0.25) is 0 Å². The predicted octanol–water partition coefficient (Wildman–Crippen LogP) is 3.74. The van der Waals surface area contributed by atoms with Crippen molar-refractivity contribution in [3.05, 3.63) is 10.6 Å². The lowest BCUT2D eigenvalue weighted by molar-refractivity contribution is 0.0606. The molecule has 0 aliphatic heterocycles. The predicted molar refractivity (Wildman–Crippen MR) is 61.5 cm³/mol. The number of halogens is 2. The summed E-state index contributed by atoms with van der Waals surface area (Å²) in [5, 5.41) is 9.73. The molecule has 0 spiro atoms. The number of allylic oxidation sites excluding steroid dienone is 1. The van der Waals surface area contributed by atoms with E-state index in [1.807, 2.05) is 19.9 Å². The van der Waals surface area contributed by atoms with Gasteiger partial charge in [0.2, 0.25) is 0 Å². The van der Waals surface area contributed by atoms with Crippen LogP contribution in [-0.4, -0.2) is 10.7 Å². The molecule has 0 aromatic carbocycles. The van der Waals surface area contributed by atoms with Crippen LogP contribution in [0.1, 0.15) is 34.1 Å². The first-order chi connectivity index (χ1) is 6.14. The Hall–Kier alpha value is 0.280. The van der Waals surface area contributed by atoms with Crippen molar-refractivity contribution >= 4 is 23.2 Å². The molecular weight excluding hydrogens is 219 g/mol. The van der Waals surface area contributed by atoms with Crippen molar-refractivity contribution in [3.8, 4) is 0 Å². The van der Waals surface area contributed by atoms with Gasteiger partial charge in [-0.05, 0) is 37.5 Å². The minimum absolute atomic E-state index is 0.217. The molecule has 3 heteroatoms. The first-order valence-electron chi connectivity index (χ1n) is 4.90. The van der Waals surface area contributed by atoms with E-state index in [4.69, 9.17) is 23.2 Å². The molecule has 0 heterocycles. The third kappa shape index (κ3) is 2.88. The summed E-state index contributed by atoms with van der Waals surface area (Å²) < 4.78 is 0.335. The Morgan fingerprint density at radius 3 is 2.29 bits per heavy atom. The van der Waals surface area contributed by atoms with Crippen molar-refractivity contribution in [2.75, 3.05) is 0 Å². The van der Waals surface area contributed by atoms with E-state index in [0.29, 0.717) is 16.3 Å². The molecule has 0 radical (unpaired) electrons. The summed E-state index contributed by atoms with van der Waals surface area (Å²) in [6.07, 6.45) is 2.68. The molecule has 1 aliphatic rings. The molecule has 2 unspecified atom stereocenters. The summed E-state index contributed by atoms with van der Waals surface area (Å²) in [5.41, 5.74) is -0.391. The molecule has 1 rings (SSSR count). The second-order valence-electron chi connectivity index (χ2n) is 5.43. The lowest BCUT2D eigenvalue weighted by atomic mass is 9.97. The Morgan fingerprint density at radius 1 is 1.43 bits per heavy atom. The number of rotatable bonds is 3. The Balaban J connectivity index is 2.63. The van der Waals surface area contributed by atoms with Crippen molar-refractivity contribution in [2.24, 2.45) is 17.3 Å². The van der Waals surface area contributed by atoms with Gasteiger partial charge in [0.1, 0.15) is 4.49 Å². The smallest absolute Gasteiger partial charge is 0.103 e. The molecule has 0 aromatic rings. The molecule has 1 fully saturated rings. The van der Waals surface area contributed by atoms with E-state index in [1.54, 1.807) is 0 Å². The number of aliphatic hydroxyl groups is 1. The van der Waals surface area contributed by atoms with Crippen LogP contribution in [0.15, 0.2) is 10.6 Å². The first kappa shape index (κ1) is 12.4. The maximum absolute atomic E-state index is 9.73. The van der Waals surface area contributed by atoms with Gasteiger partial charge in [0.05, 0.1) is 5.60 Å². The SMILES string of the molecule is CC(C)(O)CC1C(C=C(Cl)Cl)C1(C)C. The van der Waals surface area contributed by atoms with E-state index in [2.05, 4.69) is 13.8 Å². The largest absolute Gasteiger partial charge is 0.390 e. The van der Waals surface area contributed by atoms with E-state index in [0.717, 1.165) is 6.42 Å². The van der Waals surface area contributed by atoms with Crippen LogP contribution in [0.4, 0.5) is 0 Å². The fraction of sp³-hybridized carbons (Fsp3) is 0.818. The van der Waals surface area contributed by atoms with Crippen LogP contribution in [0.5, 0.6) is 0 Å². The van der Waals surface area contributed by atoms with E-state index in [9.17, 15) is 5.11 Å². The van der Waals surface area contributed by atoms with Gasteiger partial charge in [0.25, 0.3) is 0 Å². The second-order valence-corrected chi connectivity index (χ2v) is 6.43. The highest BCUT2D eigenvalue weighted by molar-refractivity contribution is 6.55. The van der Waals surface area contributed by atoms with E-state index in [1.165, 1.54) is 0 Å². The Morgan fingerprint density at radius 2 is 1.93 bits per heavy atom. The highest BCUT2D eigenvalue weighted by Crippen LogP contribution is 2.62. The summed E-state index contributed by atoms with van der Waals surface area (Å²) in [6.45, 7) is 8.04. The maximum atomic E-state index is 9.73. The normalized spacial score (nSPS) is 29.9. The molecule has 1 N–H and O–H groups in total. The Kier molecular flexibility index (Phi) is 3.26. The first-order valence-corrected chi connectivity index (χ1v) is 5.65. The van der Waals surface area contributed by atoms with Crippen molar-refractivity contribution in [2.45, 2.75) is 39.7 Å².